The monoisotopic (exact) mass is 556 g/mol. The summed E-state index contributed by atoms with van der Waals surface area (Å²) in [7, 11) is 0. The van der Waals surface area contributed by atoms with E-state index in [2.05, 4.69) is 20.6 Å². The molecule has 1 spiro atoms. The molecule has 4 heterocycles. The molecule has 0 unspecified atom stereocenters. The molecule has 13 heteroatoms. The highest BCUT2D eigenvalue weighted by molar-refractivity contribution is 6.09. The van der Waals surface area contributed by atoms with E-state index in [0.717, 1.165) is 11.3 Å². The number of pyridine rings is 1. The third-order valence-electron chi connectivity index (χ3n) is 8.25. The van der Waals surface area contributed by atoms with E-state index >= 15 is 0 Å². The van der Waals surface area contributed by atoms with Crippen LogP contribution in [0.2, 0.25) is 0 Å². The van der Waals surface area contributed by atoms with Crippen LogP contribution < -0.4 is 10.2 Å². The van der Waals surface area contributed by atoms with Crippen LogP contribution in [0.5, 0.6) is 0 Å². The predicted octanol–water partition coefficient (Wildman–Crippen LogP) is 4.66. The van der Waals surface area contributed by atoms with Crippen LogP contribution in [0.25, 0.3) is 16.9 Å². The maximum atomic E-state index is 13.4. The van der Waals surface area contributed by atoms with E-state index in [-0.39, 0.29) is 24.7 Å². The van der Waals surface area contributed by atoms with Crippen molar-refractivity contribution in [3.8, 4) is 11.4 Å². The Kier molecular flexibility index (Phi) is 5.16. The molecule has 3 aliphatic rings. The number of amides is 1. The zero-order chi connectivity index (χ0) is 28.0. The van der Waals surface area contributed by atoms with Gasteiger partial charge < -0.3 is 19.8 Å². The minimum absolute atomic E-state index is 0.261. The standard InChI is InChI=1S/C27H24F4N6O3/c1-14-2-3-15(22-34-24(40-35-22)17-8-19(17)28)6-20(14)33-23(38)18-9-32-37-5-4-16(7-21(18)37)36-12-25(13-36)10-26(39,11-25)27(29,30)31/h2-7,9,17,19,39H,8,10-13H2,1H3,(H,33,38)/t17-,19-/m0/s1. The Morgan fingerprint density at radius 1 is 1.20 bits per heavy atom. The number of aryl methyl sites for hydroxylation is 1. The summed E-state index contributed by atoms with van der Waals surface area (Å²) in [6.45, 7) is 2.63. The highest BCUT2D eigenvalue weighted by Crippen LogP contribution is 2.60. The van der Waals surface area contributed by atoms with Crippen molar-refractivity contribution in [2.45, 2.75) is 50.1 Å². The van der Waals surface area contributed by atoms with Gasteiger partial charge in [0, 0.05) is 41.6 Å². The molecule has 1 aromatic carbocycles. The maximum Gasteiger partial charge on any atom is 0.417 e. The van der Waals surface area contributed by atoms with Gasteiger partial charge in [0.05, 0.1) is 23.2 Å². The molecule has 3 aromatic heterocycles. The summed E-state index contributed by atoms with van der Waals surface area (Å²) in [5, 5.41) is 21.0. The van der Waals surface area contributed by atoms with Crippen LogP contribution in [-0.2, 0) is 0 Å². The second kappa shape index (κ2) is 8.26. The Balaban J connectivity index is 1.08. The zero-order valence-electron chi connectivity index (χ0n) is 21.2. The number of rotatable bonds is 5. The van der Waals surface area contributed by atoms with Crippen molar-refractivity contribution < 1.29 is 32.0 Å². The summed E-state index contributed by atoms with van der Waals surface area (Å²) in [5.41, 5.74) is 0.405. The molecular formula is C27H24F4N6O3. The summed E-state index contributed by atoms with van der Waals surface area (Å²) in [6, 6.07) is 8.90. The van der Waals surface area contributed by atoms with Gasteiger partial charge in [0.2, 0.25) is 11.7 Å². The number of benzene rings is 1. The fourth-order valence-electron chi connectivity index (χ4n) is 5.91. The number of halogens is 4. The van der Waals surface area contributed by atoms with Crippen molar-refractivity contribution in [3.05, 3.63) is 59.7 Å². The van der Waals surface area contributed by atoms with E-state index in [1.807, 2.05) is 17.9 Å². The fourth-order valence-corrected chi connectivity index (χ4v) is 5.91. The smallest absolute Gasteiger partial charge is 0.380 e. The molecule has 2 N–H and O–H groups in total. The summed E-state index contributed by atoms with van der Waals surface area (Å²) < 4.78 is 59.3. The average molecular weight is 557 g/mol. The Morgan fingerprint density at radius 3 is 2.65 bits per heavy atom. The number of hydrogen-bond donors (Lipinski definition) is 2. The largest absolute Gasteiger partial charge is 0.417 e. The quantitative estimate of drug-likeness (QED) is 0.344. The molecule has 2 aliphatic carbocycles. The Morgan fingerprint density at radius 2 is 1.95 bits per heavy atom. The van der Waals surface area contributed by atoms with Gasteiger partial charge in [0.25, 0.3) is 5.91 Å². The lowest BCUT2D eigenvalue weighted by Crippen LogP contribution is -2.71. The molecule has 0 bridgehead atoms. The molecule has 40 heavy (non-hydrogen) atoms. The first-order valence-electron chi connectivity index (χ1n) is 12.9. The highest BCUT2D eigenvalue weighted by Gasteiger charge is 2.69. The fraction of sp³-hybridized carbons (Fsp3) is 0.407. The van der Waals surface area contributed by atoms with Crippen LogP contribution in [0.1, 0.15) is 47.0 Å². The number of carbonyl (C=O) groups excluding carboxylic acids is 1. The molecule has 1 saturated heterocycles. The van der Waals surface area contributed by atoms with Crippen LogP contribution in [-0.4, -0.2) is 61.8 Å². The van der Waals surface area contributed by atoms with Crippen molar-refractivity contribution >= 4 is 22.8 Å². The minimum atomic E-state index is -4.63. The number of aromatic nitrogens is 4. The first-order chi connectivity index (χ1) is 18.9. The Hall–Kier alpha value is -4.00. The number of nitrogens with one attached hydrogen (secondary N) is 1. The summed E-state index contributed by atoms with van der Waals surface area (Å²) in [5.74, 6) is -0.186. The summed E-state index contributed by atoms with van der Waals surface area (Å²) in [4.78, 5) is 19.5. The highest BCUT2D eigenvalue weighted by atomic mass is 19.4. The topological polar surface area (TPSA) is 109 Å². The van der Waals surface area contributed by atoms with Gasteiger partial charge in [0.15, 0.2) is 5.60 Å². The van der Waals surface area contributed by atoms with E-state index in [1.165, 1.54) is 6.20 Å². The first kappa shape index (κ1) is 25.0. The number of carbonyl (C=O) groups is 1. The molecule has 4 aromatic rings. The molecule has 208 valence electrons. The van der Waals surface area contributed by atoms with Gasteiger partial charge in [-0.25, -0.2) is 8.91 Å². The van der Waals surface area contributed by atoms with Gasteiger partial charge in [-0.3, -0.25) is 4.79 Å². The third kappa shape index (κ3) is 3.94. The summed E-state index contributed by atoms with van der Waals surface area (Å²) in [6.07, 6.45) is -2.66. The molecular weight excluding hydrogens is 532 g/mol. The van der Waals surface area contributed by atoms with Gasteiger partial charge in [-0.15, -0.1) is 0 Å². The van der Waals surface area contributed by atoms with Crippen LogP contribution in [0.4, 0.5) is 28.9 Å². The number of nitrogens with zero attached hydrogens (tertiary/aromatic N) is 5. The van der Waals surface area contributed by atoms with Crippen LogP contribution >= 0.6 is 0 Å². The third-order valence-corrected chi connectivity index (χ3v) is 8.25. The van der Waals surface area contributed by atoms with E-state index < -0.39 is 29.3 Å². The molecule has 2 saturated carbocycles. The van der Waals surface area contributed by atoms with E-state index in [4.69, 9.17) is 4.52 Å². The molecule has 1 aliphatic heterocycles. The normalized spacial score (nSPS) is 22.7. The average Bonchev–Trinajstić information content (AvgIpc) is 3.25. The van der Waals surface area contributed by atoms with Crippen LogP contribution in [0, 0.1) is 12.3 Å². The predicted molar refractivity (Wildman–Crippen MR) is 135 cm³/mol. The minimum Gasteiger partial charge on any atom is -0.380 e. The Labute approximate surface area is 224 Å². The lowest BCUT2D eigenvalue weighted by atomic mass is 9.55. The molecule has 2 atom stereocenters. The summed E-state index contributed by atoms with van der Waals surface area (Å²) >= 11 is 0. The second-order valence-corrected chi connectivity index (χ2v) is 11.3. The molecule has 7 rings (SSSR count). The molecule has 3 fully saturated rings. The van der Waals surface area contributed by atoms with Crippen LogP contribution in [0.15, 0.2) is 47.2 Å². The van der Waals surface area contributed by atoms with Gasteiger partial charge in [-0.05, 0) is 49.9 Å². The van der Waals surface area contributed by atoms with Crippen molar-refractivity contribution in [2.24, 2.45) is 5.41 Å². The van der Waals surface area contributed by atoms with Gasteiger partial charge >= 0.3 is 6.18 Å². The van der Waals surface area contributed by atoms with Crippen molar-refractivity contribution in [2.75, 3.05) is 23.3 Å². The van der Waals surface area contributed by atoms with Gasteiger partial charge in [-0.2, -0.15) is 23.3 Å². The lowest BCUT2D eigenvalue weighted by molar-refractivity contribution is -0.319. The number of alkyl halides is 4. The zero-order valence-corrected chi connectivity index (χ0v) is 21.2. The van der Waals surface area contributed by atoms with E-state index in [0.29, 0.717) is 47.7 Å². The SMILES string of the molecule is Cc1ccc(-c2noc([C@H]3C[C@@H]3F)n2)cc1NC(=O)c1cnn2ccc(N3CC4(C3)CC(O)(C(F)(F)F)C4)cc12. The molecule has 9 nitrogen and oxygen atoms in total. The van der Waals surface area contributed by atoms with Gasteiger partial charge in [0.1, 0.15) is 6.17 Å². The van der Waals surface area contributed by atoms with Crippen LogP contribution in [0.3, 0.4) is 0 Å². The van der Waals surface area contributed by atoms with Crippen molar-refractivity contribution in [1.82, 2.24) is 19.8 Å². The number of anilines is 2. The number of fused-ring (bicyclic) bond motifs is 1. The molecule has 0 radical (unpaired) electrons. The lowest BCUT2D eigenvalue weighted by Gasteiger charge is -2.63. The molecule has 1 amide bonds. The first-order valence-corrected chi connectivity index (χ1v) is 12.9. The maximum absolute atomic E-state index is 13.4. The van der Waals surface area contributed by atoms with Crippen molar-refractivity contribution in [3.63, 3.8) is 0 Å². The number of aliphatic hydroxyl groups is 1. The second-order valence-electron chi connectivity index (χ2n) is 11.3. The Bertz CT molecular complexity index is 1650. The van der Waals surface area contributed by atoms with Crippen molar-refractivity contribution in [1.29, 1.82) is 0 Å². The van der Waals surface area contributed by atoms with E-state index in [1.54, 1.807) is 35.0 Å². The number of hydrogen-bond acceptors (Lipinski definition) is 7. The van der Waals surface area contributed by atoms with E-state index in [9.17, 15) is 27.5 Å². The van der Waals surface area contributed by atoms with Gasteiger partial charge in [-0.1, -0.05) is 17.3 Å².